The molecule has 2 N–H and O–H groups in total. The molecule has 2 nitrogen and oxygen atoms in total. The smallest absolute Gasteiger partial charge is 0.385 e. The van der Waals surface area contributed by atoms with Gasteiger partial charge in [-0.05, 0) is 43.6 Å². The van der Waals surface area contributed by atoms with Crippen molar-refractivity contribution < 1.29 is 18.3 Å². The fourth-order valence-electron chi connectivity index (χ4n) is 2.18. The highest BCUT2D eigenvalue weighted by molar-refractivity contribution is 9.10. The first-order valence-electron chi connectivity index (χ1n) is 5.63. The van der Waals surface area contributed by atoms with Crippen LogP contribution in [-0.2, 0) is 11.8 Å². The molecule has 1 fully saturated rings. The Balaban J connectivity index is 2.35. The summed E-state index contributed by atoms with van der Waals surface area (Å²) in [6, 6.07) is 3.40. The largest absolute Gasteiger partial charge is 0.416 e. The predicted molar refractivity (Wildman–Crippen MR) is 65.1 cm³/mol. The topological polar surface area (TPSA) is 32.3 Å². The molecule has 100 valence electrons. The van der Waals surface area contributed by atoms with Crippen LogP contribution in [0.1, 0.15) is 24.0 Å². The minimum atomic E-state index is -4.36. The van der Waals surface area contributed by atoms with Gasteiger partial charge in [-0.15, -0.1) is 0 Å². The summed E-state index contributed by atoms with van der Waals surface area (Å²) in [7, 11) is 0. The van der Waals surface area contributed by atoms with Crippen molar-refractivity contribution in [3.63, 3.8) is 0 Å². The molecule has 1 saturated heterocycles. The number of aliphatic hydroxyl groups is 1. The normalized spacial score (nSPS) is 19.8. The molecule has 0 bridgehead atoms. The SMILES string of the molecule is OC1(c2ccc(C(F)(F)F)cc2Br)CCNCC1. The van der Waals surface area contributed by atoms with Gasteiger partial charge in [0.25, 0.3) is 0 Å². The van der Waals surface area contributed by atoms with Crippen LogP contribution in [0.2, 0.25) is 0 Å². The van der Waals surface area contributed by atoms with Gasteiger partial charge in [-0.3, -0.25) is 0 Å². The van der Waals surface area contributed by atoms with Crippen LogP contribution in [0.4, 0.5) is 13.2 Å². The van der Waals surface area contributed by atoms with Crippen LogP contribution < -0.4 is 5.32 Å². The van der Waals surface area contributed by atoms with E-state index in [-0.39, 0.29) is 0 Å². The predicted octanol–water partition coefficient (Wildman–Crippen LogP) is 3.04. The number of rotatable bonds is 1. The minimum absolute atomic E-state index is 0.307. The highest BCUT2D eigenvalue weighted by atomic mass is 79.9. The summed E-state index contributed by atoms with van der Waals surface area (Å²) in [5.74, 6) is 0. The molecule has 1 aliphatic heterocycles. The molecule has 0 spiro atoms. The summed E-state index contributed by atoms with van der Waals surface area (Å²) in [6.45, 7) is 1.31. The van der Waals surface area contributed by atoms with E-state index in [1.165, 1.54) is 6.07 Å². The average molecular weight is 324 g/mol. The molecule has 1 aromatic rings. The van der Waals surface area contributed by atoms with Crippen molar-refractivity contribution in [1.82, 2.24) is 5.32 Å². The third-order valence-electron chi connectivity index (χ3n) is 3.23. The van der Waals surface area contributed by atoms with Gasteiger partial charge >= 0.3 is 6.18 Å². The van der Waals surface area contributed by atoms with Crippen molar-refractivity contribution in [1.29, 1.82) is 0 Å². The first-order valence-corrected chi connectivity index (χ1v) is 6.42. The standard InChI is InChI=1S/C12H13BrF3NO/c13-10-7-8(12(14,15)16)1-2-9(10)11(18)3-5-17-6-4-11/h1-2,7,17-18H,3-6H2. The second-order valence-corrected chi connectivity index (χ2v) is 5.33. The maximum atomic E-state index is 12.5. The molecular weight excluding hydrogens is 311 g/mol. The maximum absolute atomic E-state index is 12.5. The molecule has 0 aromatic heterocycles. The van der Waals surface area contributed by atoms with Crippen molar-refractivity contribution in [3.8, 4) is 0 Å². The Morgan fingerprint density at radius 3 is 2.33 bits per heavy atom. The number of hydrogen-bond acceptors (Lipinski definition) is 2. The molecule has 0 amide bonds. The molecule has 0 unspecified atom stereocenters. The summed E-state index contributed by atoms with van der Waals surface area (Å²) in [6.07, 6.45) is -3.37. The molecule has 6 heteroatoms. The Bertz CT molecular complexity index is 441. The fraction of sp³-hybridized carbons (Fsp3) is 0.500. The van der Waals surface area contributed by atoms with E-state index in [1.807, 2.05) is 0 Å². The number of halogens is 4. The van der Waals surface area contributed by atoms with Gasteiger partial charge in [-0.1, -0.05) is 22.0 Å². The van der Waals surface area contributed by atoms with Gasteiger partial charge in [0.2, 0.25) is 0 Å². The van der Waals surface area contributed by atoms with E-state index < -0.39 is 17.3 Å². The van der Waals surface area contributed by atoms with E-state index in [0.717, 1.165) is 12.1 Å². The van der Waals surface area contributed by atoms with Gasteiger partial charge in [0.1, 0.15) is 0 Å². The zero-order valence-electron chi connectivity index (χ0n) is 9.52. The lowest BCUT2D eigenvalue weighted by Gasteiger charge is -2.34. The monoisotopic (exact) mass is 323 g/mol. The summed E-state index contributed by atoms with van der Waals surface area (Å²) < 4.78 is 37.9. The van der Waals surface area contributed by atoms with Crippen molar-refractivity contribution in [2.45, 2.75) is 24.6 Å². The Morgan fingerprint density at radius 1 is 1.22 bits per heavy atom. The lowest BCUT2D eigenvalue weighted by Crippen LogP contribution is -2.39. The molecule has 0 atom stereocenters. The van der Waals surface area contributed by atoms with Crippen molar-refractivity contribution >= 4 is 15.9 Å². The van der Waals surface area contributed by atoms with Crippen molar-refractivity contribution in [3.05, 3.63) is 33.8 Å². The van der Waals surface area contributed by atoms with Crippen LogP contribution in [0.3, 0.4) is 0 Å². The Morgan fingerprint density at radius 2 is 1.83 bits per heavy atom. The van der Waals surface area contributed by atoms with Crippen LogP contribution >= 0.6 is 15.9 Å². The Kier molecular flexibility index (Phi) is 3.71. The fourth-order valence-corrected chi connectivity index (χ4v) is 2.93. The molecule has 0 saturated carbocycles. The van der Waals surface area contributed by atoms with Gasteiger partial charge in [-0.2, -0.15) is 13.2 Å². The summed E-state index contributed by atoms with van der Waals surface area (Å²) in [5.41, 5.74) is -1.23. The highest BCUT2D eigenvalue weighted by Gasteiger charge is 2.35. The first-order chi connectivity index (χ1) is 8.33. The number of alkyl halides is 3. The van der Waals surface area contributed by atoms with E-state index in [4.69, 9.17) is 0 Å². The molecule has 2 rings (SSSR count). The quantitative estimate of drug-likeness (QED) is 0.832. The van der Waals surface area contributed by atoms with Crippen molar-refractivity contribution in [2.24, 2.45) is 0 Å². The van der Waals surface area contributed by atoms with E-state index in [1.54, 1.807) is 0 Å². The van der Waals surface area contributed by atoms with E-state index >= 15 is 0 Å². The molecule has 1 aliphatic rings. The summed E-state index contributed by atoms with van der Waals surface area (Å²) in [5, 5.41) is 13.6. The van der Waals surface area contributed by atoms with Crippen LogP contribution in [0.15, 0.2) is 22.7 Å². The van der Waals surface area contributed by atoms with E-state index in [0.29, 0.717) is 36.0 Å². The molecule has 0 aliphatic carbocycles. The molecule has 1 heterocycles. The zero-order chi connectivity index (χ0) is 13.4. The third kappa shape index (κ3) is 2.70. The van der Waals surface area contributed by atoms with Gasteiger partial charge in [0, 0.05) is 4.47 Å². The number of nitrogens with one attached hydrogen (secondary N) is 1. The maximum Gasteiger partial charge on any atom is 0.416 e. The Hall–Kier alpha value is -0.590. The first kappa shape index (κ1) is 13.8. The van der Waals surface area contributed by atoms with Gasteiger partial charge < -0.3 is 10.4 Å². The zero-order valence-corrected chi connectivity index (χ0v) is 11.1. The lowest BCUT2D eigenvalue weighted by atomic mass is 9.85. The number of piperidine rings is 1. The second-order valence-electron chi connectivity index (χ2n) is 4.47. The van der Waals surface area contributed by atoms with Crippen LogP contribution in [-0.4, -0.2) is 18.2 Å². The molecule has 18 heavy (non-hydrogen) atoms. The van der Waals surface area contributed by atoms with Crippen LogP contribution in [0.25, 0.3) is 0 Å². The van der Waals surface area contributed by atoms with Gasteiger partial charge in [0.15, 0.2) is 0 Å². The third-order valence-corrected chi connectivity index (χ3v) is 3.88. The lowest BCUT2D eigenvalue weighted by molar-refractivity contribution is -0.137. The van der Waals surface area contributed by atoms with Crippen LogP contribution in [0, 0.1) is 0 Å². The molecular formula is C12H13BrF3NO. The molecule has 1 aromatic carbocycles. The summed E-state index contributed by atoms with van der Waals surface area (Å²) >= 11 is 3.13. The average Bonchev–Trinajstić information content (AvgIpc) is 2.28. The number of benzene rings is 1. The van der Waals surface area contributed by atoms with E-state index in [9.17, 15) is 18.3 Å². The van der Waals surface area contributed by atoms with Crippen LogP contribution in [0.5, 0.6) is 0 Å². The van der Waals surface area contributed by atoms with Gasteiger partial charge in [-0.25, -0.2) is 0 Å². The Labute approximate surface area is 111 Å². The highest BCUT2D eigenvalue weighted by Crippen LogP contribution is 2.38. The second kappa shape index (κ2) is 4.83. The van der Waals surface area contributed by atoms with E-state index in [2.05, 4.69) is 21.2 Å². The van der Waals surface area contributed by atoms with Gasteiger partial charge in [0.05, 0.1) is 11.2 Å². The minimum Gasteiger partial charge on any atom is -0.385 e. The molecule has 0 radical (unpaired) electrons. The number of hydrogen-bond donors (Lipinski definition) is 2. The summed E-state index contributed by atoms with van der Waals surface area (Å²) in [4.78, 5) is 0. The van der Waals surface area contributed by atoms with Crippen molar-refractivity contribution in [2.75, 3.05) is 13.1 Å².